The van der Waals surface area contributed by atoms with Crippen molar-refractivity contribution in [3.8, 4) is 22.5 Å². The number of hydrogen-bond donors (Lipinski definition) is 4. The van der Waals surface area contributed by atoms with E-state index < -0.39 is 17.1 Å². The molecule has 0 aliphatic carbocycles. The van der Waals surface area contributed by atoms with E-state index in [1.54, 1.807) is 30.5 Å². The number of aromatic nitrogens is 5. The molecule has 4 N–H and O–H groups in total. The molecule has 0 atom stereocenters. The number of halogens is 2. The van der Waals surface area contributed by atoms with Crippen molar-refractivity contribution < 1.29 is 22.7 Å². The standard InChI is InChI=1S/C20H18F2N6O3S/c21-20(22)28-8-13(7-24-28)17-5-11-4-12(6-23-18(11)27-17)15-2-1-3-16(26-15)19(29)25-14-9-32(30,31)10-14/h1-8,14,20,30-31H,9-10H2,(H,23,27)(H,25,29). The van der Waals surface area contributed by atoms with Crippen LogP contribution >= 0.6 is 10.6 Å². The van der Waals surface area contributed by atoms with Crippen LogP contribution in [-0.4, -0.2) is 57.3 Å². The fourth-order valence-electron chi connectivity index (χ4n) is 3.56. The number of nitrogens with zero attached hydrogens (tertiary/aromatic N) is 4. The van der Waals surface area contributed by atoms with Gasteiger partial charge in [0.25, 0.3) is 5.91 Å². The third-order valence-electron chi connectivity index (χ3n) is 5.13. The molecule has 0 unspecified atom stereocenters. The van der Waals surface area contributed by atoms with E-state index in [2.05, 4.69) is 25.4 Å². The summed E-state index contributed by atoms with van der Waals surface area (Å²) in [5.41, 5.74) is 3.11. The average Bonchev–Trinajstić information content (AvgIpc) is 3.39. The van der Waals surface area contributed by atoms with E-state index in [0.29, 0.717) is 32.8 Å². The largest absolute Gasteiger partial charge is 0.345 e. The highest BCUT2D eigenvalue weighted by molar-refractivity contribution is 8.25. The Morgan fingerprint density at radius 2 is 2.03 bits per heavy atom. The zero-order valence-electron chi connectivity index (χ0n) is 16.4. The number of H-pyrrole nitrogens is 1. The van der Waals surface area contributed by atoms with Crippen LogP contribution in [0, 0.1) is 0 Å². The molecule has 0 saturated carbocycles. The lowest BCUT2D eigenvalue weighted by atomic mass is 10.1. The summed E-state index contributed by atoms with van der Waals surface area (Å²) in [6, 6.07) is 8.38. The van der Waals surface area contributed by atoms with E-state index >= 15 is 0 Å². The van der Waals surface area contributed by atoms with Crippen molar-refractivity contribution >= 4 is 27.5 Å². The van der Waals surface area contributed by atoms with Gasteiger partial charge in [-0.05, 0) is 24.3 Å². The van der Waals surface area contributed by atoms with E-state index in [1.165, 1.54) is 12.4 Å². The van der Waals surface area contributed by atoms with Crippen molar-refractivity contribution in [2.45, 2.75) is 12.6 Å². The lowest BCUT2D eigenvalue weighted by Crippen LogP contribution is -2.50. The topological polar surface area (TPSA) is 129 Å². The normalized spacial score (nSPS) is 16.8. The average molecular weight is 460 g/mol. The second-order valence-electron chi connectivity index (χ2n) is 7.55. The SMILES string of the molecule is O=C(NC1CS(O)(O)C1)c1cccc(-c2cnc3[nH]c(-c4cnn(C(F)F)c4)cc3c2)n1. The molecule has 4 aromatic rings. The van der Waals surface area contributed by atoms with Crippen LogP contribution in [0.5, 0.6) is 0 Å². The Morgan fingerprint density at radius 1 is 1.22 bits per heavy atom. The highest BCUT2D eigenvalue weighted by Crippen LogP contribution is 2.48. The molecule has 0 radical (unpaired) electrons. The summed E-state index contributed by atoms with van der Waals surface area (Å²) < 4.78 is 45.1. The molecule has 9 nitrogen and oxygen atoms in total. The summed E-state index contributed by atoms with van der Waals surface area (Å²) in [6.45, 7) is -2.71. The molecule has 1 saturated heterocycles. The van der Waals surface area contributed by atoms with E-state index in [0.717, 1.165) is 5.39 Å². The van der Waals surface area contributed by atoms with Crippen LogP contribution in [0.4, 0.5) is 8.78 Å². The molecule has 12 heteroatoms. The second kappa shape index (κ2) is 7.65. The number of rotatable bonds is 5. The van der Waals surface area contributed by atoms with Gasteiger partial charge in [0.2, 0.25) is 0 Å². The van der Waals surface area contributed by atoms with Crippen LogP contribution in [-0.2, 0) is 0 Å². The third kappa shape index (κ3) is 3.95. The van der Waals surface area contributed by atoms with Crippen LogP contribution in [0.25, 0.3) is 33.5 Å². The molecule has 1 amide bonds. The number of aromatic amines is 1. The van der Waals surface area contributed by atoms with Gasteiger partial charge < -0.3 is 10.3 Å². The van der Waals surface area contributed by atoms with E-state index in [9.17, 15) is 22.7 Å². The van der Waals surface area contributed by atoms with E-state index in [4.69, 9.17) is 0 Å². The van der Waals surface area contributed by atoms with Gasteiger partial charge in [0, 0.05) is 28.9 Å². The van der Waals surface area contributed by atoms with Gasteiger partial charge in [0.15, 0.2) is 0 Å². The Hall–Kier alpha value is -3.35. The zero-order valence-corrected chi connectivity index (χ0v) is 17.3. The molecule has 1 aliphatic heterocycles. The number of pyridine rings is 2. The number of alkyl halides is 2. The number of nitrogens with one attached hydrogen (secondary N) is 2. The molecule has 4 aromatic heterocycles. The summed E-state index contributed by atoms with van der Waals surface area (Å²) >= 11 is 0. The number of carbonyl (C=O) groups is 1. The summed E-state index contributed by atoms with van der Waals surface area (Å²) in [5, 5.41) is 7.14. The monoisotopic (exact) mass is 460 g/mol. The lowest BCUT2D eigenvalue weighted by Gasteiger charge is -2.47. The Kier molecular flexibility index (Phi) is 4.92. The van der Waals surface area contributed by atoms with Gasteiger partial charge >= 0.3 is 6.55 Å². The predicted octanol–water partition coefficient (Wildman–Crippen LogP) is 3.75. The van der Waals surface area contributed by atoms with Crippen molar-refractivity contribution in [1.82, 2.24) is 30.0 Å². The van der Waals surface area contributed by atoms with Crippen LogP contribution in [0.15, 0.2) is 48.9 Å². The molecule has 5 heterocycles. The van der Waals surface area contributed by atoms with Gasteiger partial charge in [0.05, 0.1) is 35.1 Å². The van der Waals surface area contributed by atoms with Crippen LogP contribution < -0.4 is 5.32 Å². The molecular formula is C20H18F2N6O3S. The number of fused-ring (bicyclic) bond motifs is 1. The minimum atomic E-state index is -2.71. The fourth-order valence-corrected chi connectivity index (χ4v) is 4.91. The first-order valence-electron chi connectivity index (χ1n) is 9.61. The van der Waals surface area contributed by atoms with Gasteiger partial charge in [-0.2, -0.15) is 24.5 Å². The first-order valence-corrected chi connectivity index (χ1v) is 11.5. The van der Waals surface area contributed by atoms with Gasteiger partial charge in [0.1, 0.15) is 11.3 Å². The quantitative estimate of drug-likeness (QED) is 0.359. The van der Waals surface area contributed by atoms with Gasteiger partial charge in [-0.25, -0.2) is 14.6 Å². The van der Waals surface area contributed by atoms with Gasteiger partial charge in [-0.3, -0.25) is 13.9 Å². The molecular weight excluding hydrogens is 442 g/mol. The number of hydrogen-bond acceptors (Lipinski definition) is 6. The van der Waals surface area contributed by atoms with Crippen molar-refractivity contribution in [3.05, 3.63) is 54.6 Å². The molecule has 0 spiro atoms. The Balaban J connectivity index is 1.38. The maximum Gasteiger partial charge on any atom is 0.333 e. The molecule has 5 rings (SSSR count). The molecule has 1 fully saturated rings. The number of carbonyl (C=O) groups excluding carboxylic acids is 1. The minimum absolute atomic E-state index is 0.158. The summed E-state index contributed by atoms with van der Waals surface area (Å²) in [5.74, 6) is -0.0726. The van der Waals surface area contributed by atoms with Crippen molar-refractivity contribution in [2.24, 2.45) is 0 Å². The first kappa shape index (κ1) is 20.5. The molecule has 0 aromatic carbocycles. The summed E-state index contributed by atoms with van der Waals surface area (Å²) in [4.78, 5) is 24.3. The fraction of sp³-hybridized carbons (Fsp3) is 0.200. The van der Waals surface area contributed by atoms with Crippen LogP contribution in [0.1, 0.15) is 17.0 Å². The highest BCUT2D eigenvalue weighted by atomic mass is 32.3. The van der Waals surface area contributed by atoms with Gasteiger partial charge in [-0.15, -0.1) is 0 Å². The maximum absolute atomic E-state index is 12.8. The molecule has 0 bridgehead atoms. The minimum Gasteiger partial charge on any atom is -0.345 e. The Labute approximate surface area is 181 Å². The smallest absolute Gasteiger partial charge is 0.333 e. The molecule has 1 aliphatic rings. The van der Waals surface area contributed by atoms with Crippen molar-refractivity contribution in [1.29, 1.82) is 0 Å². The van der Waals surface area contributed by atoms with Crippen LogP contribution in [0.3, 0.4) is 0 Å². The zero-order chi connectivity index (χ0) is 22.5. The third-order valence-corrected chi connectivity index (χ3v) is 7.00. The Morgan fingerprint density at radius 3 is 2.75 bits per heavy atom. The highest BCUT2D eigenvalue weighted by Gasteiger charge is 2.34. The lowest BCUT2D eigenvalue weighted by molar-refractivity contribution is 0.0566. The Bertz CT molecular complexity index is 1310. The molecule has 32 heavy (non-hydrogen) atoms. The second-order valence-corrected chi connectivity index (χ2v) is 9.82. The van der Waals surface area contributed by atoms with Crippen molar-refractivity contribution in [2.75, 3.05) is 11.5 Å². The maximum atomic E-state index is 12.8. The van der Waals surface area contributed by atoms with E-state index in [1.807, 2.05) is 6.07 Å². The summed E-state index contributed by atoms with van der Waals surface area (Å²) in [6.07, 6.45) is 4.21. The van der Waals surface area contributed by atoms with Gasteiger partial charge in [-0.1, -0.05) is 6.07 Å². The molecule has 166 valence electrons. The predicted molar refractivity (Wildman–Crippen MR) is 116 cm³/mol. The van der Waals surface area contributed by atoms with E-state index in [-0.39, 0.29) is 29.1 Å². The van der Waals surface area contributed by atoms with Crippen molar-refractivity contribution in [3.63, 3.8) is 0 Å². The summed E-state index contributed by atoms with van der Waals surface area (Å²) in [7, 11) is -2.54. The number of amides is 1. The first-order chi connectivity index (χ1) is 15.3. The van der Waals surface area contributed by atoms with Crippen LogP contribution in [0.2, 0.25) is 0 Å².